The van der Waals surface area contributed by atoms with Crippen LogP contribution in [0.25, 0.3) is 0 Å². The van der Waals surface area contributed by atoms with Gasteiger partial charge in [0.2, 0.25) is 0 Å². The Morgan fingerprint density at radius 2 is 2.19 bits per heavy atom. The normalized spacial score (nSPS) is 34.1. The van der Waals surface area contributed by atoms with Crippen LogP contribution < -0.4 is 5.32 Å². The molecule has 2 unspecified atom stereocenters. The van der Waals surface area contributed by atoms with Crippen molar-refractivity contribution in [3.63, 3.8) is 0 Å². The minimum absolute atomic E-state index is 0.479. The maximum Gasteiger partial charge on any atom is 0.0468 e. The molecule has 2 rings (SSSR count). The minimum atomic E-state index is 0.479. The van der Waals surface area contributed by atoms with Crippen molar-refractivity contribution in [3.8, 4) is 0 Å². The fourth-order valence-corrected chi connectivity index (χ4v) is 4.52. The van der Waals surface area contributed by atoms with Gasteiger partial charge >= 0.3 is 0 Å². The van der Waals surface area contributed by atoms with E-state index in [2.05, 4.69) is 31.1 Å². The minimum Gasteiger partial charge on any atom is -0.381 e. The van der Waals surface area contributed by atoms with Crippen LogP contribution in [0.15, 0.2) is 0 Å². The molecule has 94 valence electrons. The van der Waals surface area contributed by atoms with E-state index in [1.807, 2.05) is 0 Å². The molecule has 0 saturated carbocycles. The summed E-state index contributed by atoms with van der Waals surface area (Å²) in [5.41, 5.74) is 0. The molecule has 0 radical (unpaired) electrons. The molecule has 2 atom stereocenters. The molecular weight excluding hydrogens is 218 g/mol. The van der Waals surface area contributed by atoms with Crippen LogP contribution in [-0.4, -0.2) is 36.8 Å². The van der Waals surface area contributed by atoms with Crippen molar-refractivity contribution in [2.75, 3.05) is 26.0 Å². The lowest BCUT2D eigenvalue weighted by Crippen LogP contribution is -2.45. The summed E-state index contributed by atoms with van der Waals surface area (Å²) >= 11 is 2.17. The van der Waals surface area contributed by atoms with Gasteiger partial charge in [0.05, 0.1) is 0 Å². The van der Waals surface area contributed by atoms with Crippen molar-refractivity contribution in [3.05, 3.63) is 0 Å². The Labute approximate surface area is 104 Å². The third-order valence-electron chi connectivity index (χ3n) is 4.24. The van der Waals surface area contributed by atoms with Gasteiger partial charge in [0.15, 0.2) is 0 Å². The third-order valence-corrected chi connectivity index (χ3v) is 5.89. The van der Waals surface area contributed by atoms with Crippen LogP contribution in [0, 0.1) is 5.92 Å². The molecule has 0 spiro atoms. The molecule has 0 aromatic rings. The molecule has 0 aromatic heterocycles. The zero-order valence-electron chi connectivity index (χ0n) is 10.6. The number of ether oxygens (including phenoxy) is 1. The third kappa shape index (κ3) is 2.93. The van der Waals surface area contributed by atoms with E-state index in [1.165, 1.54) is 37.9 Å². The second-order valence-electron chi connectivity index (χ2n) is 5.40. The smallest absolute Gasteiger partial charge is 0.0468 e. The predicted octanol–water partition coefficient (Wildman–Crippen LogP) is 2.68. The predicted molar refractivity (Wildman–Crippen MR) is 71.1 cm³/mol. The molecule has 0 aromatic carbocycles. The second-order valence-corrected chi connectivity index (χ2v) is 7.03. The maximum atomic E-state index is 5.44. The first kappa shape index (κ1) is 12.7. The van der Waals surface area contributed by atoms with Crippen molar-refractivity contribution < 1.29 is 4.74 Å². The summed E-state index contributed by atoms with van der Waals surface area (Å²) in [6.45, 7) is 4.40. The van der Waals surface area contributed by atoms with Gasteiger partial charge in [0.1, 0.15) is 0 Å². The Kier molecular flexibility index (Phi) is 4.57. The molecule has 2 aliphatic heterocycles. The molecule has 0 bridgehead atoms. The summed E-state index contributed by atoms with van der Waals surface area (Å²) in [6, 6.07) is 0.683. The Morgan fingerprint density at radius 1 is 1.44 bits per heavy atom. The van der Waals surface area contributed by atoms with E-state index in [0.29, 0.717) is 10.8 Å². The van der Waals surface area contributed by atoms with Crippen LogP contribution in [0.4, 0.5) is 0 Å². The summed E-state index contributed by atoms with van der Waals surface area (Å²) in [4.78, 5) is 0. The van der Waals surface area contributed by atoms with Crippen LogP contribution in [0.5, 0.6) is 0 Å². The van der Waals surface area contributed by atoms with E-state index >= 15 is 0 Å². The van der Waals surface area contributed by atoms with Crippen molar-refractivity contribution >= 4 is 11.8 Å². The quantitative estimate of drug-likeness (QED) is 0.820. The topological polar surface area (TPSA) is 21.3 Å². The number of thioether (sulfide) groups is 1. The van der Waals surface area contributed by atoms with Gasteiger partial charge in [0.25, 0.3) is 0 Å². The summed E-state index contributed by atoms with van der Waals surface area (Å²) in [6.07, 6.45) is 6.64. The van der Waals surface area contributed by atoms with E-state index in [1.54, 1.807) is 0 Å². The Bertz CT molecular complexity index is 210. The van der Waals surface area contributed by atoms with Crippen LogP contribution in [0.3, 0.4) is 0 Å². The average molecular weight is 243 g/mol. The maximum absolute atomic E-state index is 5.44. The molecule has 2 heterocycles. The first-order valence-corrected chi connectivity index (χ1v) is 7.62. The van der Waals surface area contributed by atoms with Gasteiger partial charge in [-0.1, -0.05) is 0 Å². The molecule has 2 aliphatic rings. The standard InChI is InChI=1S/C13H25NOS/c1-13(6-3-9-16-13)12(14-2)10-11-4-7-15-8-5-11/h11-12,14H,3-10H2,1-2H3. The highest BCUT2D eigenvalue weighted by Gasteiger charge is 2.38. The van der Waals surface area contributed by atoms with E-state index in [4.69, 9.17) is 4.74 Å². The van der Waals surface area contributed by atoms with Crippen molar-refractivity contribution in [2.24, 2.45) is 5.92 Å². The summed E-state index contributed by atoms with van der Waals surface area (Å²) in [7, 11) is 2.13. The Balaban J connectivity index is 1.88. The largest absolute Gasteiger partial charge is 0.381 e. The molecule has 16 heavy (non-hydrogen) atoms. The van der Waals surface area contributed by atoms with Crippen molar-refractivity contribution in [1.82, 2.24) is 5.32 Å². The lowest BCUT2D eigenvalue weighted by atomic mass is 9.85. The van der Waals surface area contributed by atoms with E-state index in [0.717, 1.165) is 19.1 Å². The van der Waals surface area contributed by atoms with Crippen LogP contribution in [0.2, 0.25) is 0 Å². The van der Waals surface area contributed by atoms with Gasteiger partial charge in [0, 0.05) is 24.0 Å². The zero-order valence-corrected chi connectivity index (χ0v) is 11.4. The number of rotatable bonds is 4. The highest BCUT2D eigenvalue weighted by atomic mass is 32.2. The van der Waals surface area contributed by atoms with Crippen LogP contribution in [-0.2, 0) is 4.74 Å². The van der Waals surface area contributed by atoms with E-state index in [-0.39, 0.29) is 0 Å². The SMILES string of the molecule is CNC(CC1CCOCC1)C1(C)CCCS1. The molecule has 3 heteroatoms. The summed E-state index contributed by atoms with van der Waals surface area (Å²) in [5, 5.41) is 3.57. The van der Waals surface area contributed by atoms with Gasteiger partial charge in [-0.05, 0) is 57.7 Å². The highest BCUT2D eigenvalue weighted by molar-refractivity contribution is 8.00. The van der Waals surface area contributed by atoms with Gasteiger partial charge in [-0.25, -0.2) is 0 Å². The molecule has 1 N–H and O–H groups in total. The van der Waals surface area contributed by atoms with Gasteiger partial charge in [-0.15, -0.1) is 0 Å². The van der Waals surface area contributed by atoms with E-state index < -0.39 is 0 Å². The lowest BCUT2D eigenvalue weighted by molar-refractivity contribution is 0.0594. The zero-order chi connectivity index (χ0) is 11.4. The fraction of sp³-hybridized carbons (Fsp3) is 1.00. The first-order valence-electron chi connectivity index (χ1n) is 6.63. The molecular formula is C13H25NOS. The van der Waals surface area contributed by atoms with Crippen molar-refractivity contribution in [2.45, 2.75) is 49.8 Å². The number of hydrogen-bond donors (Lipinski definition) is 1. The average Bonchev–Trinajstić information content (AvgIpc) is 2.75. The van der Waals surface area contributed by atoms with E-state index in [9.17, 15) is 0 Å². The molecule has 0 aliphatic carbocycles. The van der Waals surface area contributed by atoms with Gasteiger partial charge in [-0.2, -0.15) is 11.8 Å². The van der Waals surface area contributed by atoms with Crippen LogP contribution >= 0.6 is 11.8 Å². The number of hydrogen-bond acceptors (Lipinski definition) is 3. The molecule has 2 saturated heterocycles. The fourth-order valence-electron chi connectivity index (χ4n) is 3.06. The monoisotopic (exact) mass is 243 g/mol. The summed E-state index contributed by atoms with van der Waals surface area (Å²) < 4.78 is 5.92. The number of nitrogens with one attached hydrogen (secondary N) is 1. The molecule has 2 nitrogen and oxygen atoms in total. The Hall–Kier alpha value is 0.270. The Morgan fingerprint density at radius 3 is 2.75 bits per heavy atom. The van der Waals surface area contributed by atoms with Crippen LogP contribution in [0.1, 0.15) is 39.0 Å². The molecule has 0 amide bonds. The summed E-state index contributed by atoms with van der Waals surface area (Å²) in [5.74, 6) is 2.23. The van der Waals surface area contributed by atoms with Gasteiger partial charge in [-0.3, -0.25) is 0 Å². The first-order chi connectivity index (χ1) is 7.74. The highest BCUT2D eigenvalue weighted by Crippen LogP contribution is 2.42. The molecule has 2 fully saturated rings. The van der Waals surface area contributed by atoms with Gasteiger partial charge < -0.3 is 10.1 Å². The van der Waals surface area contributed by atoms with Crippen molar-refractivity contribution in [1.29, 1.82) is 0 Å². The lowest BCUT2D eigenvalue weighted by Gasteiger charge is -2.36. The second kappa shape index (κ2) is 5.74.